The first-order chi connectivity index (χ1) is 17.9. The first-order valence-electron chi connectivity index (χ1n) is 13.7. The number of esters is 2. The Bertz CT molecular complexity index is 1280. The minimum Gasteiger partial charge on any atom is -0.458 e. The zero-order chi connectivity index (χ0) is 25.6. The molecule has 4 aliphatic rings. The fourth-order valence-corrected chi connectivity index (χ4v) is 7.55. The monoisotopic (exact) mass is 497 g/mol. The van der Waals surface area contributed by atoms with Crippen LogP contribution in [-0.4, -0.2) is 18.0 Å². The van der Waals surface area contributed by atoms with Gasteiger partial charge in [-0.15, -0.1) is 0 Å². The van der Waals surface area contributed by atoms with Crippen molar-refractivity contribution in [2.45, 2.75) is 70.8 Å². The third kappa shape index (κ3) is 4.28. The molecule has 0 bridgehead atoms. The van der Waals surface area contributed by atoms with E-state index in [9.17, 15) is 9.59 Å². The van der Waals surface area contributed by atoms with Gasteiger partial charge in [0, 0.05) is 17.5 Å². The number of nitrogens with one attached hydrogen (secondary N) is 1. The second-order valence-corrected chi connectivity index (χ2v) is 11.4. The van der Waals surface area contributed by atoms with Gasteiger partial charge in [0.2, 0.25) is 0 Å². The van der Waals surface area contributed by atoms with Crippen LogP contribution >= 0.6 is 0 Å². The van der Waals surface area contributed by atoms with E-state index < -0.39 is 0 Å². The Morgan fingerprint density at radius 3 is 2.65 bits per heavy atom. The minimum atomic E-state index is -0.319. The van der Waals surface area contributed by atoms with Crippen LogP contribution in [0.5, 0.6) is 5.75 Å². The van der Waals surface area contributed by atoms with Crippen LogP contribution < -0.4 is 10.1 Å². The van der Waals surface area contributed by atoms with Crippen molar-refractivity contribution in [2.24, 2.45) is 17.3 Å². The third-order valence-corrected chi connectivity index (χ3v) is 9.52. The van der Waals surface area contributed by atoms with Gasteiger partial charge >= 0.3 is 11.9 Å². The van der Waals surface area contributed by atoms with Gasteiger partial charge in [-0.2, -0.15) is 0 Å². The lowest BCUT2D eigenvalue weighted by molar-refractivity contribution is -0.153. The molecule has 5 atom stereocenters. The zero-order valence-corrected chi connectivity index (χ0v) is 21.7. The number of carbonyl (C=O) groups excluding carboxylic acids is 2. The van der Waals surface area contributed by atoms with Crippen LogP contribution in [0, 0.1) is 17.3 Å². The SMILES string of the molecule is CC1=C(C(=O)O[C@H]2CC[C@H]3[C@@H]4CCc5cc(OC(=O)c6ccccc6)ccc5[C@H]4CC[C@]23C)CC=CN1. The summed E-state index contributed by atoms with van der Waals surface area (Å²) in [6, 6.07) is 15.3. The van der Waals surface area contributed by atoms with Gasteiger partial charge in [-0.05, 0) is 105 Å². The van der Waals surface area contributed by atoms with Crippen LogP contribution in [0.15, 0.2) is 72.1 Å². The van der Waals surface area contributed by atoms with Crippen molar-refractivity contribution in [2.75, 3.05) is 0 Å². The summed E-state index contributed by atoms with van der Waals surface area (Å²) < 4.78 is 11.9. The lowest BCUT2D eigenvalue weighted by atomic mass is 9.55. The van der Waals surface area contributed by atoms with E-state index in [1.165, 1.54) is 11.1 Å². The van der Waals surface area contributed by atoms with Crippen LogP contribution in [0.1, 0.15) is 79.8 Å². The molecule has 2 saturated carbocycles. The largest absolute Gasteiger partial charge is 0.458 e. The van der Waals surface area contributed by atoms with E-state index in [1.54, 1.807) is 12.1 Å². The summed E-state index contributed by atoms with van der Waals surface area (Å²) in [4.78, 5) is 25.6. The second-order valence-electron chi connectivity index (χ2n) is 11.4. The van der Waals surface area contributed by atoms with Gasteiger partial charge in [0.25, 0.3) is 0 Å². The van der Waals surface area contributed by atoms with Crippen molar-refractivity contribution in [1.82, 2.24) is 5.32 Å². The van der Waals surface area contributed by atoms with Gasteiger partial charge in [-0.1, -0.05) is 37.3 Å². The molecule has 1 heterocycles. The van der Waals surface area contributed by atoms with Crippen molar-refractivity contribution >= 4 is 11.9 Å². The standard InChI is InChI=1S/C32H35NO4/c1-20-24(9-6-18-33-20)31(35)37-29-15-14-28-27-12-10-22-19-23(36-30(34)21-7-4-3-5-8-21)11-13-25(22)26(27)16-17-32(28,29)2/h3-8,11,13,18-19,26-29,33H,9-10,12,14-17H2,1-2H3/t26-,27-,28+,29+,32+/m1/s1. The van der Waals surface area contributed by atoms with E-state index in [2.05, 4.69) is 24.4 Å². The van der Waals surface area contributed by atoms with Crippen LogP contribution in [0.2, 0.25) is 0 Å². The first kappa shape index (κ1) is 24.0. The number of hydrogen-bond acceptors (Lipinski definition) is 5. The summed E-state index contributed by atoms with van der Waals surface area (Å²) in [6.07, 6.45) is 10.8. The van der Waals surface area contributed by atoms with Crippen molar-refractivity contribution < 1.29 is 19.1 Å². The summed E-state index contributed by atoms with van der Waals surface area (Å²) in [5.74, 6) is 1.83. The van der Waals surface area contributed by atoms with E-state index in [4.69, 9.17) is 9.47 Å². The molecular weight excluding hydrogens is 462 g/mol. The first-order valence-corrected chi connectivity index (χ1v) is 13.7. The van der Waals surface area contributed by atoms with Crippen LogP contribution in [0.25, 0.3) is 0 Å². The number of allylic oxidation sites excluding steroid dienone is 2. The van der Waals surface area contributed by atoms with Gasteiger partial charge < -0.3 is 14.8 Å². The number of carbonyl (C=O) groups is 2. The molecule has 2 aromatic carbocycles. The Hall–Kier alpha value is -3.34. The molecule has 0 aromatic heterocycles. The fraction of sp³-hybridized carbons (Fsp3) is 0.438. The van der Waals surface area contributed by atoms with E-state index in [0.29, 0.717) is 35.5 Å². The van der Waals surface area contributed by atoms with Gasteiger partial charge in [0.1, 0.15) is 11.9 Å². The maximum absolute atomic E-state index is 13.0. The Kier molecular flexibility index (Phi) is 6.18. The normalized spacial score (nSPS) is 30.0. The molecular formula is C32H35NO4. The molecule has 192 valence electrons. The third-order valence-electron chi connectivity index (χ3n) is 9.52. The molecule has 5 nitrogen and oxygen atoms in total. The molecule has 6 rings (SSSR count). The number of dihydropyridines is 1. The van der Waals surface area contributed by atoms with Crippen molar-refractivity contribution in [3.63, 3.8) is 0 Å². The van der Waals surface area contributed by atoms with E-state index in [1.807, 2.05) is 43.5 Å². The summed E-state index contributed by atoms with van der Waals surface area (Å²) in [5, 5.41) is 3.14. The predicted octanol–water partition coefficient (Wildman–Crippen LogP) is 6.45. The molecule has 0 amide bonds. The number of rotatable bonds is 4. The molecule has 5 heteroatoms. The number of benzene rings is 2. The molecule has 0 spiro atoms. The molecule has 0 radical (unpaired) electrons. The summed E-state index contributed by atoms with van der Waals surface area (Å²) in [5.41, 5.74) is 4.97. The molecule has 37 heavy (non-hydrogen) atoms. The molecule has 0 saturated heterocycles. The second kappa shape index (κ2) is 9.51. The van der Waals surface area contributed by atoms with E-state index in [-0.39, 0.29) is 23.5 Å². The van der Waals surface area contributed by atoms with Gasteiger partial charge in [0.15, 0.2) is 0 Å². The highest BCUT2D eigenvalue weighted by Crippen LogP contribution is 2.61. The Morgan fingerprint density at radius 2 is 1.84 bits per heavy atom. The maximum atomic E-state index is 13.0. The molecule has 0 unspecified atom stereocenters. The summed E-state index contributed by atoms with van der Waals surface area (Å²) >= 11 is 0. The number of ether oxygens (including phenoxy) is 2. The highest BCUT2D eigenvalue weighted by atomic mass is 16.5. The predicted molar refractivity (Wildman–Crippen MR) is 142 cm³/mol. The zero-order valence-electron chi connectivity index (χ0n) is 21.7. The molecule has 1 aliphatic heterocycles. The average molecular weight is 498 g/mol. The molecule has 2 aromatic rings. The van der Waals surface area contributed by atoms with Gasteiger partial charge in [-0.25, -0.2) is 9.59 Å². The molecule has 3 aliphatic carbocycles. The van der Waals surface area contributed by atoms with Crippen molar-refractivity contribution in [1.29, 1.82) is 0 Å². The van der Waals surface area contributed by atoms with Crippen LogP contribution in [-0.2, 0) is 16.0 Å². The fourth-order valence-electron chi connectivity index (χ4n) is 7.55. The van der Waals surface area contributed by atoms with Crippen molar-refractivity contribution in [3.05, 3.63) is 88.8 Å². The van der Waals surface area contributed by atoms with Gasteiger partial charge in [0.05, 0.1) is 11.1 Å². The summed E-state index contributed by atoms with van der Waals surface area (Å²) in [6.45, 7) is 4.30. The van der Waals surface area contributed by atoms with Crippen molar-refractivity contribution in [3.8, 4) is 5.75 Å². The lowest BCUT2D eigenvalue weighted by Gasteiger charge is -2.50. The summed E-state index contributed by atoms with van der Waals surface area (Å²) in [7, 11) is 0. The number of fused-ring (bicyclic) bond motifs is 5. The van der Waals surface area contributed by atoms with Crippen LogP contribution in [0.3, 0.4) is 0 Å². The van der Waals surface area contributed by atoms with E-state index >= 15 is 0 Å². The highest BCUT2D eigenvalue weighted by Gasteiger charge is 2.56. The Labute approximate surface area is 218 Å². The maximum Gasteiger partial charge on any atom is 0.343 e. The molecule has 1 N–H and O–H groups in total. The Balaban J connectivity index is 1.16. The molecule has 2 fully saturated rings. The topological polar surface area (TPSA) is 64.6 Å². The smallest absolute Gasteiger partial charge is 0.343 e. The minimum absolute atomic E-state index is 0.0154. The van der Waals surface area contributed by atoms with Crippen LogP contribution in [0.4, 0.5) is 0 Å². The average Bonchev–Trinajstić information content (AvgIpc) is 3.25. The van der Waals surface area contributed by atoms with E-state index in [0.717, 1.165) is 49.8 Å². The highest BCUT2D eigenvalue weighted by molar-refractivity contribution is 5.91. The van der Waals surface area contributed by atoms with Gasteiger partial charge in [-0.3, -0.25) is 0 Å². The quantitative estimate of drug-likeness (QED) is 0.388. The number of hydrogen-bond donors (Lipinski definition) is 1. The lowest BCUT2D eigenvalue weighted by Crippen LogP contribution is -2.45. The Morgan fingerprint density at radius 1 is 1.00 bits per heavy atom. The number of aryl methyl sites for hydroxylation is 1.